The molecule has 1 unspecified atom stereocenters. The molecule has 0 rings (SSSR count). The molecule has 0 radical (unpaired) electrons. The zero-order valence-electron chi connectivity index (χ0n) is 12.5. The van der Waals surface area contributed by atoms with Gasteiger partial charge in [-0.1, -0.05) is 71.1 Å². The lowest BCUT2D eigenvalue weighted by Gasteiger charge is -2.10. The molecule has 0 saturated carbocycles. The first-order chi connectivity index (χ1) is 9.66. The summed E-state index contributed by atoms with van der Waals surface area (Å²) in [5.41, 5.74) is 0. The highest BCUT2D eigenvalue weighted by Gasteiger charge is 2.12. The van der Waals surface area contributed by atoms with Crippen LogP contribution in [0.1, 0.15) is 77.6 Å². The van der Waals surface area contributed by atoms with E-state index in [9.17, 15) is 0 Å². The van der Waals surface area contributed by atoms with Crippen LogP contribution in [0, 0.1) is 0 Å². The molecular weight excluding hydrogens is 298 g/mol. The van der Waals surface area contributed by atoms with E-state index in [0.717, 1.165) is 12.8 Å². The molecular formula is C13H30O5P2. The third-order valence-electron chi connectivity index (χ3n) is 3.09. The quantitative estimate of drug-likeness (QED) is 0.298. The molecule has 0 spiro atoms. The largest absolute Gasteiger partial charge is 0.337 e. The zero-order chi connectivity index (χ0) is 15.1. The summed E-state index contributed by atoms with van der Waals surface area (Å²) in [5, 5.41) is 0. The molecule has 0 bridgehead atoms. The van der Waals surface area contributed by atoms with E-state index in [1.165, 1.54) is 57.8 Å². The zero-order valence-corrected chi connectivity index (χ0v) is 14.3. The van der Waals surface area contributed by atoms with E-state index in [2.05, 4.69) is 11.2 Å². The van der Waals surface area contributed by atoms with Crippen molar-refractivity contribution in [3.63, 3.8) is 0 Å². The highest BCUT2D eigenvalue weighted by Crippen LogP contribution is 2.46. The number of rotatable bonds is 15. The normalized spacial score (nSPS) is 13.1. The summed E-state index contributed by atoms with van der Waals surface area (Å²) in [4.78, 5) is 26.1. The van der Waals surface area contributed by atoms with E-state index in [0.29, 0.717) is 6.61 Å². The summed E-state index contributed by atoms with van der Waals surface area (Å²) in [7, 11) is -4.66. The molecule has 0 aromatic carbocycles. The molecule has 0 aliphatic heterocycles. The van der Waals surface area contributed by atoms with Crippen LogP contribution in [0.3, 0.4) is 0 Å². The van der Waals surface area contributed by atoms with E-state index in [1.807, 2.05) is 0 Å². The van der Waals surface area contributed by atoms with Gasteiger partial charge in [0.1, 0.15) is 0 Å². The Morgan fingerprint density at radius 3 is 1.60 bits per heavy atom. The van der Waals surface area contributed by atoms with E-state index < -0.39 is 17.2 Å². The van der Waals surface area contributed by atoms with Crippen molar-refractivity contribution >= 4 is 17.2 Å². The van der Waals surface area contributed by atoms with Crippen LogP contribution in [-0.4, -0.2) is 21.3 Å². The van der Waals surface area contributed by atoms with Crippen molar-refractivity contribution in [1.82, 2.24) is 0 Å². The summed E-state index contributed by atoms with van der Waals surface area (Å²) in [5.74, 6) is 0. The molecule has 7 heteroatoms. The molecule has 0 aliphatic rings. The first kappa shape index (κ1) is 20.7. The van der Waals surface area contributed by atoms with Crippen LogP contribution in [0.2, 0.25) is 0 Å². The Balaban J connectivity index is 3.06. The van der Waals surface area contributed by atoms with Crippen LogP contribution in [0.25, 0.3) is 0 Å². The molecule has 20 heavy (non-hydrogen) atoms. The van der Waals surface area contributed by atoms with Gasteiger partial charge in [-0.15, -0.1) is 0 Å². The fourth-order valence-corrected chi connectivity index (χ4v) is 2.97. The van der Waals surface area contributed by atoms with Crippen LogP contribution in [0.4, 0.5) is 0 Å². The van der Waals surface area contributed by atoms with Crippen molar-refractivity contribution < 1.29 is 23.5 Å². The highest BCUT2D eigenvalue weighted by atomic mass is 31.2. The van der Waals surface area contributed by atoms with Gasteiger partial charge in [-0.2, -0.15) is 0 Å². The van der Waals surface area contributed by atoms with E-state index in [1.54, 1.807) is 0 Å². The Kier molecular flexibility index (Phi) is 16.6. The van der Waals surface area contributed by atoms with Gasteiger partial charge in [0, 0.05) is 0 Å². The fraction of sp³-hybridized carbons (Fsp3) is 1.00. The maximum Gasteiger partial charge on any atom is 0.337 e. The average Bonchev–Trinajstić information content (AvgIpc) is 2.39. The lowest BCUT2D eigenvalue weighted by molar-refractivity contribution is 0.242. The van der Waals surface area contributed by atoms with Gasteiger partial charge in [-0.25, -0.2) is 4.31 Å². The highest BCUT2D eigenvalue weighted by molar-refractivity contribution is 7.54. The van der Waals surface area contributed by atoms with Crippen LogP contribution >= 0.6 is 17.2 Å². The predicted molar refractivity (Wildman–Crippen MR) is 84.0 cm³/mol. The van der Waals surface area contributed by atoms with E-state index >= 15 is 0 Å². The molecule has 0 aliphatic carbocycles. The molecule has 0 amide bonds. The predicted octanol–water partition coefficient (Wildman–Crippen LogP) is 4.76. The summed E-state index contributed by atoms with van der Waals surface area (Å²) < 4.78 is 9.25. The Bertz CT molecular complexity index is 196. The van der Waals surface area contributed by atoms with Gasteiger partial charge in [0.15, 0.2) is 0 Å². The summed E-state index contributed by atoms with van der Waals surface area (Å²) in [6, 6.07) is 0. The third kappa shape index (κ3) is 16.7. The topological polar surface area (TPSA) is 79.2 Å². The van der Waals surface area contributed by atoms with E-state index in [-0.39, 0.29) is 0 Å². The van der Waals surface area contributed by atoms with Crippen LogP contribution in [0.5, 0.6) is 0 Å². The van der Waals surface area contributed by atoms with Gasteiger partial charge in [0.05, 0.1) is 6.61 Å². The maximum absolute atomic E-state index is 9.10. The average molecular weight is 328 g/mol. The lowest BCUT2D eigenvalue weighted by atomic mass is 10.1. The summed E-state index contributed by atoms with van der Waals surface area (Å²) in [6.45, 7) is 2.64. The van der Waals surface area contributed by atoms with Gasteiger partial charge in [0.25, 0.3) is 0 Å². The molecule has 3 N–H and O–H groups in total. The fourth-order valence-electron chi connectivity index (χ4n) is 1.99. The number of hydrogen-bond donors (Lipinski definition) is 3. The van der Waals surface area contributed by atoms with Gasteiger partial charge in [-0.05, 0) is 6.42 Å². The monoisotopic (exact) mass is 328 g/mol. The van der Waals surface area contributed by atoms with Crippen LogP contribution in [0.15, 0.2) is 0 Å². The van der Waals surface area contributed by atoms with Crippen molar-refractivity contribution in [2.45, 2.75) is 77.6 Å². The van der Waals surface area contributed by atoms with Gasteiger partial charge >= 0.3 is 17.2 Å². The van der Waals surface area contributed by atoms with Crippen molar-refractivity contribution in [2.75, 3.05) is 6.61 Å². The van der Waals surface area contributed by atoms with Crippen molar-refractivity contribution in [3.8, 4) is 0 Å². The first-order valence-corrected chi connectivity index (χ1v) is 9.94. The molecule has 5 nitrogen and oxygen atoms in total. The summed E-state index contributed by atoms with van der Waals surface area (Å²) >= 11 is 0. The molecule has 0 saturated heterocycles. The Morgan fingerprint density at radius 2 is 1.15 bits per heavy atom. The Morgan fingerprint density at radius 1 is 0.700 bits per heavy atom. The maximum atomic E-state index is 9.10. The number of unbranched alkanes of at least 4 members (excludes halogenated alkanes) is 10. The summed E-state index contributed by atoms with van der Waals surface area (Å²) in [6.07, 6.45) is 13.8. The smallest absolute Gasteiger partial charge is 0.328 e. The standard InChI is InChI=1S/C13H30O5P2/c1-2-3-4-5-6-7-8-9-10-11-12-13-17-20(16)18-19(14)15/h14-16H,2-13H2,1H3. The minimum Gasteiger partial charge on any atom is -0.328 e. The van der Waals surface area contributed by atoms with Gasteiger partial charge in [0.2, 0.25) is 0 Å². The Hall–Kier alpha value is 0.660. The van der Waals surface area contributed by atoms with Crippen LogP contribution < -0.4 is 0 Å². The second-order valence-corrected chi connectivity index (χ2v) is 6.83. The van der Waals surface area contributed by atoms with E-state index in [4.69, 9.17) is 19.2 Å². The first-order valence-electron chi connectivity index (χ1n) is 7.64. The SMILES string of the molecule is CCCCCCCCCCCCCOP(O)OP(O)O. The minimum atomic E-state index is -2.53. The molecule has 1 atom stereocenters. The van der Waals surface area contributed by atoms with Crippen LogP contribution in [-0.2, 0) is 8.83 Å². The van der Waals surface area contributed by atoms with Crippen molar-refractivity contribution in [3.05, 3.63) is 0 Å². The van der Waals surface area contributed by atoms with Gasteiger partial charge in [-0.3, -0.25) is 0 Å². The molecule has 122 valence electrons. The lowest BCUT2D eigenvalue weighted by Crippen LogP contribution is -1.91. The number of hydrogen-bond acceptors (Lipinski definition) is 5. The molecule has 0 fully saturated rings. The molecule has 0 heterocycles. The second-order valence-electron chi connectivity index (χ2n) is 4.94. The Labute approximate surface area is 125 Å². The van der Waals surface area contributed by atoms with Gasteiger partial charge < -0.3 is 19.2 Å². The molecule has 0 aromatic rings. The second kappa shape index (κ2) is 16.0. The van der Waals surface area contributed by atoms with Crippen molar-refractivity contribution in [1.29, 1.82) is 0 Å². The third-order valence-corrected chi connectivity index (χ3v) is 4.64. The minimum absolute atomic E-state index is 0.405. The van der Waals surface area contributed by atoms with Crippen molar-refractivity contribution in [2.24, 2.45) is 0 Å². The molecule has 0 aromatic heterocycles.